The van der Waals surface area contributed by atoms with E-state index >= 15 is 0 Å². The van der Waals surface area contributed by atoms with Crippen LogP contribution in [0.25, 0.3) is 10.1 Å². The summed E-state index contributed by atoms with van der Waals surface area (Å²) in [6.45, 7) is 0. The minimum atomic E-state index is -0.884. The van der Waals surface area contributed by atoms with Gasteiger partial charge < -0.3 is 15.7 Å². The molecule has 0 aliphatic carbocycles. The summed E-state index contributed by atoms with van der Waals surface area (Å²) in [7, 11) is 0. The van der Waals surface area contributed by atoms with Gasteiger partial charge in [-0.05, 0) is 65.9 Å². The molecular weight excluding hydrogens is 386 g/mol. The van der Waals surface area contributed by atoms with Gasteiger partial charge >= 0.3 is 5.97 Å². The van der Waals surface area contributed by atoms with Crippen LogP contribution in [0.2, 0.25) is 0 Å². The van der Waals surface area contributed by atoms with Gasteiger partial charge in [-0.25, -0.2) is 0 Å². The first-order valence-corrected chi connectivity index (χ1v) is 10.2. The lowest BCUT2D eigenvalue weighted by atomic mass is 10.0. The van der Waals surface area contributed by atoms with Gasteiger partial charge in [0.2, 0.25) is 0 Å². The van der Waals surface area contributed by atoms with E-state index in [9.17, 15) is 9.90 Å². The van der Waals surface area contributed by atoms with Crippen molar-refractivity contribution in [3.05, 3.63) is 54.2 Å². The molecule has 134 valence electrons. The average Bonchev–Trinajstić information content (AvgIpc) is 3.08. The summed E-state index contributed by atoms with van der Waals surface area (Å²) in [4.78, 5) is 12.4. The summed E-state index contributed by atoms with van der Waals surface area (Å²) in [5, 5.41) is 16.9. The zero-order valence-corrected chi connectivity index (χ0v) is 16.4. The molecule has 1 heterocycles. The Morgan fingerprint density at radius 1 is 1.31 bits per heavy atom. The first-order valence-electron chi connectivity index (χ1n) is 7.83. The summed E-state index contributed by atoms with van der Waals surface area (Å²) in [6.07, 6.45) is 3.75. The predicted molar refractivity (Wildman–Crippen MR) is 112 cm³/mol. The number of carboxylic acid groups (broad SMARTS) is 1. The Bertz CT molecular complexity index is 925. The molecule has 5 nitrogen and oxygen atoms in total. The number of hydrogen-bond acceptors (Lipinski definition) is 5. The van der Waals surface area contributed by atoms with Crippen molar-refractivity contribution in [1.29, 1.82) is 0 Å². The molecule has 1 atom stereocenters. The lowest BCUT2D eigenvalue weighted by Crippen LogP contribution is -2.33. The molecule has 3 aromatic rings. The maximum Gasteiger partial charge on any atom is 0.305 e. The number of hydrogen-bond donors (Lipinski definition) is 3. The van der Waals surface area contributed by atoms with Crippen LogP contribution in [0.3, 0.4) is 0 Å². The van der Waals surface area contributed by atoms with E-state index in [-0.39, 0.29) is 6.42 Å². The lowest BCUT2D eigenvalue weighted by Gasteiger charge is -2.20. The van der Waals surface area contributed by atoms with Crippen LogP contribution in [0.4, 0.5) is 5.69 Å². The Hall–Kier alpha value is -2.16. The third kappa shape index (κ3) is 4.72. The maximum absolute atomic E-state index is 11.2. The largest absolute Gasteiger partial charge is 0.481 e. The Kier molecular flexibility index (Phi) is 6.08. The molecule has 3 N–H and O–H groups in total. The molecule has 0 aliphatic rings. The van der Waals surface area contributed by atoms with Crippen molar-refractivity contribution in [2.24, 2.45) is 0 Å². The number of carboxylic acids is 1. The van der Waals surface area contributed by atoms with Crippen molar-refractivity contribution in [3.8, 4) is 0 Å². The highest BCUT2D eigenvalue weighted by Crippen LogP contribution is 2.23. The van der Waals surface area contributed by atoms with Gasteiger partial charge in [0, 0.05) is 22.2 Å². The van der Waals surface area contributed by atoms with Crippen molar-refractivity contribution in [2.45, 2.75) is 17.4 Å². The van der Waals surface area contributed by atoms with Gasteiger partial charge in [0.25, 0.3) is 0 Å². The van der Waals surface area contributed by atoms with Gasteiger partial charge in [-0.1, -0.05) is 12.1 Å². The van der Waals surface area contributed by atoms with Crippen molar-refractivity contribution in [1.82, 2.24) is 9.69 Å². The molecule has 0 radical (unpaired) electrons. The molecule has 1 aromatic heterocycles. The number of aliphatic carboxylic acids is 1. The third-order valence-electron chi connectivity index (χ3n) is 3.81. The first-order chi connectivity index (χ1) is 12.5. The molecule has 0 saturated heterocycles. The fraction of sp³-hybridized carbons (Fsp3) is 0.167. The van der Waals surface area contributed by atoms with Crippen LogP contribution >= 0.6 is 35.5 Å². The third-order valence-corrected chi connectivity index (χ3v) is 5.56. The molecule has 8 heteroatoms. The summed E-state index contributed by atoms with van der Waals surface area (Å²) in [6, 6.07) is 13.3. The SMILES string of the molecule is CSc1ccc([C@@H](CC(=O)O)NC(=S)Nc2ccc3sncc3c2)cc1. The van der Waals surface area contributed by atoms with E-state index in [0.29, 0.717) is 5.11 Å². The van der Waals surface area contributed by atoms with Crippen LogP contribution in [0.15, 0.2) is 53.6 Å². The van der Waals surface area contributed by atoms with Crippen LogP contribution in [-0.4, -0.2) is 26.8 Å². The van der Waals surface area contributed by atoms with E-state index < -0.39 is 12.0 Å². The average molecular weight is 404 g/mol. The highest BCUT2D eigenvalue weighted by atomic mass is 32.2. The zero-order valence-electron chi connectivity index (χ0n) is 13.9. The number of aromatic nitrogens is 1. The predicted octanol–water partition coefficient (Wildman–Crippen LogP) is 4.52. The van der Waals surface area contributed by atoms with Gasteiger partial charge in [-0.15, -0.1) is 11.8 Å². The lowest BCUT2D eigenvalue weighted by molar-refractivity contribution is -0.137. The standard InChI is InChI=1S/C18H17N3O2S3/c1-25-14-5-2-11(3-6-14)15(9-17(22)23)21-18(24)20-13-4-7-16-12(8-13)10-19-26-16/h2-8,10,15H,9H2,1H3,(H,22,23)(H2,20,21,24)/t15-/m1/s1. The van der Waals surface area contributed by atoms with Gasteiger partial charge in [-0.3, -0.25) is 4.79 Å². The van der Waals surface area contributed by atoms with Crippen molar-refractivity contribution >= 4 is 62.4 Å². The van der Waals surface area contributed by atoms with Crippen LogP contribution in [-0.2, 0) is 4.79 Å². The molecule has 2 aromatic carbocycles. The van der Waals surface area contributed by atoms with Crippen molar-refractivity contribution in [3.63, 3.8) is 0 Å². The molecule has 0 aliphatic heterocycles. The van der Waals surface area contributed by atoms with E-state index in [4.69, 9.17) is 12.2 Å². The fourth-order valence-corrected chi connectivity index (χ4v) is 3.83. The Labute approximate surface area is 165 Å². The summed E-state index contributed by atoms with van der Waals surface area (Å²) >= 11 is 8.46. The normalized spacial score (nSPS) is 11.9. The summed E-state index contributed by atoms with van der Waals surface area (Å²) in [5.74, 6) is -0.884. The highest BCUT2D eigenvalue weighted by molar-refractivity contribution is 7.98. The number of nitrogens with zero attached hydrogens (tertiary/aromatic N) is 1. The van der Waals surface area contributed by atoms with E-state index in [1.807, 2.05) is 54.9 Å². The molecule has 3 rings (SSSR count). The monoisotopic (exact) mass is 403 g/mol. The molecule has 0 unspecified atom stereocenters. The van der Waals surface area contributed by atoms with E-state index in [2.05, 4.69) is 15.0 Å². The quantitative estimate of drug-likeness (QED) is 0.413. The second-order valence-electron chi connectivity index (χ2n) is 5.60. The van der Waals surface area contributed by atoms with Crippen molar-refractivity contribution < 1.29 is 9.90 Å². The molecule has 0 spiro atoms. The van der Waals surface area contributed by atoms with Crippen LogP contribution in [0.5, 0.6) is 0 Å². The van der Waals surface area contributed by atoms with Gasteiger partial charge in [0.15, 0.2) is 5.11 Å². The number of thioether (sulfide) groups is 1. The minimum absolute atomic E-state index is 0.0616. The van der Waals surface area contributed by atoms with Crippen LogP contribution in [0, 0.1) is 0 Å². The fourth-order valence-electron chi connectivity index (χ4n) is 2.54. The second-order valence-corrected chi connectivity index (χ2v) is 7.72. The van der Waals surface area contributed by atoms with Crippen LogP contribution < -0.4 is 10.6 Å². The first kappa shape index (κ1) is 18.6. The number of fused-ring (bicyclic) bond motifs is 1. The number of benzene rings is 2. The number of thiocarbonyl (C=S) groups is 1. The van der Waals surface area contributed by atoms with Gasteiger partial charge in [0.05, 0.1) is 17.2 Å². The van der Waals surface area contributed by atoms with Crippen LogP contribution in [0.1, 0.15) is 18.0 Å². The number of anilines is 1. The molecule has 0 saturated carbocycles. The van der Waals surface area contributed by atoms with E-state index in [0.717, 1.165) is 26.2 Å². The summed E-state index contributed by atoms with van der Waals surface area (Å²) < 4.78 is 5.26. The molecule has 0 fully saturated rings. The maximum atomic E-state index is 11.2. The molecule has 0 bridgehead atoms. The Morgan fingerprint density at radius 3 is 2.77 bits per heavy atom. The van der Waals surface area contributed by atoms with E-state index in [1.54, 1.807) is 11.8 Å². The van der Waals surface area contributed by atoms with Crippen molar-refractivity contribution in [2.75, 3.05) is 11.6 Å². The van der Waals surface area contributed by atoms with Gasteiger partial charge in [0.1, 0.15) is 0 Å². The second kappa shape index (κ2) is 8.48. The van der Waals surface area contributed by atoms with E-state index in [1.165, 1.54) is 11.5 Å². The summed E-state index contributed by atoms with van der Waals surface area (Å²) in [5.41, 5.74) is 1.72. The molecular formula is C18H17N3O2S3. The highest BCUT2D eigenvalue weighted by Gasteiger charge is 2.17. The Balaban J connectivity index is 1.72. The molecule has 26 heavy (non-hydrogen) atoms. The Morgan fingerprint density at radius 2 is 2.08 bits per heavy atom. The molecule has 0 amide bonds. The zero-order chi connectivity index (χ0) is 18.5. The number of carbonyl (C=O) groups is 1. The van der Waals surface area contributed by atoms with Gasteiger partial charge in [-0.2, -0.15) is 4.37 Å². The minimum Gasteiger partial charge on any atom is -0.481 e. The topological polar surface area (TPSA) is 74.2 Å². The smallest absolute Gasteiger partial charge is 0.305 e. The number of rotatable bonds is 6. The number of nitrogens with one attached hydrogen (secondary N) is 2.